The molecule has 0 aliphatic rings. The minimum Gasteiger partial charge on any atom is -0.465 e. The number of furan rings is 1. The van der Waals surface area contributed by atoms with Crippen LogP contribution >= 0.6 is 0 Å². The zero-order valence-electron chi connectivity index (χ0n) is 10.8. The van der Waals surface area contributed by atoms with Gasteiger partial charge < -0.3 is 15.9 Å². The average Bonchev–Trinajstić information content (AvgIpc) is 2.70. The fraction of sp³-hybridized carbons (Fsp3) is 0.400. The van der Waals surface area contributed by atoms with Crippen molar-refractivity contribution in [1.82, 2.24) is 21.3 Å². The third-order valence-electron chi connectivity index (χ3n) is 2.14. The van der Waals surface area contributed by atoms with E-state index in [0.717, 1.165) is 11.5 Å². The molecule has 0 aliphatic carbocycles. The molecule has 106 valence electrons. The van der Waals surface area contributed by atoms with E-state index >= 15 is 0 Å². The lowest BCUT2D eigenvalue weighted by molar-refractivity contribution is 0.253. The zero-order valence-corrected chi connectivity index (χ0v) is 10.8. The lowest BCUT2D eigenvalue weighted by Gasteiger charge is -2.15. The number of rotatable bonds is 7. The molecule has 1 rings (SSSR count). The molecule has 1 heterocycles. The normalized spacial score (nSPS) is 10.4. The van der Waals surface area contributed by atoms with Gasteiger partial charge in [-0.2, -0.15) is 0 Å². The molecule has 0 bridgehead atoms. The van der Waals surface area contributed by atoms with Gasteiger partial charge in [0, 0.05) is 20.0 Å². The van der Waals surface area contributed by atoms with Gasteiger partial charge in [0.15, 0.2) is 5.96 Å². The Morgan fingerprint density at radius 3 is 2.58 bits per heavy atom. The molecule has 1 aromatic rings. The molecule has 0 amide bonds. The van der Waals surface area contributed by atoms with Crippen molar-refractivity contribution < 1.29 is 4.42 Å². The maximum absolute atomic E-state index is 7.09. The topological polar surface area (TPSA) is 152 Å². The van der Waals surface area contributed by atoms with Crippen LogP contribution in [0.3, 0.4) is 0 Å². The van der Waals surface area contributed by atoms with Crippen molar-refractivity contribution in [3.05, 3.63) is 23.7 Å². The highest BCUT2D eigenvalue weighted by molar-refractivity contribution is 5.73. The minimum atomic E-state index is -0.128. The standard InChI is InChI=1S/C10H20N8O/c1-18(17-10(13)14)6-8-3-2-7(19-8)4-5-15-16-9(11)12/h2-3,15H,4-6H2,1H3,(H4,11,12,16)(H4,13,14,17). The van der Waals surface area contributed by atoms with Gasteiger partial charge in [0.2, 0.25) is 5.96 Å². The predicted octanol–water partition coefficient (Wildman–Crippen LogP) is -1.36. The Morgan fingerprint density at radius 1 is 1.26 bits per heavy atom. The molecule has 9 heteroatoms. The quantitative estimate of drug-likeness (QED) is 0.139. The van der Waals surface area contributed by atoms with Crippen molar-refractivity contribution in [2.45, 2.75) is 13.0 Å². The first-order chi connectivity index (χ1) is 8.97. The van der Waals surface area contributed by atoms with E-state index in [1.807, 2.05) is 12.1 Å². The Hall–Kier alpha value is -2.26. The van der Waals surface area contributed by atoms with E-state index in [4.69, 9.17) is 26.7 Å². The molecule has 0 atom stereocenters. The number of nitrogens with two attached hydrogens (primary N) is 2. The van der Waals surface area contributed by atoms with Crippen molar-refractivity contribution >= 4 is 11.9 Å². The van der Waals surface area contributed by atoms with Gasteiger partial charge in [-0.1, -0.05) is 0 Å². The van der Waals surface area contributed by atoms with Gasteiger partial charge in [0.25, 0.3) is 0 Å². The van der Waals surface area contributed by atoms with Gasteiger partial charge in [-0.05, 0) is 12.1 Å². The molecule has 0 fully saturated rings. The van der Waals surface area contributed by atoms with E-state index in [2.05, 4.69) is 16.3 Å². The van der Waals surface area contributed by atoms with Crippen LogP contribution in [0.25, 0.3) is 0 Å². The van der Waals surface area contributed by atoms with E-state index in [1.54, 1.807) is 12.1 Å². The van der Waals surface area contributed by atoms with Crippen LogP contribution in [-0.4, -0.2) is 30.5 Å². The highest BCUT2D eigenvalue weighted by atomic mass is 16.3. The summed E-state index contributed by atoms with van der Waals surface area (Å²) in [6, 6.07) is 3.75. The van der Waals surface area contributed by atoms with Crippen molar-refractivity contribution in [2.24, 2.45) is 11.5 Å². The maximum atomic E-state index is 7.09. The summed E-state index contributed by atoms with van der Waals surface area (Å²) in [5, 5.41) is 15.7. The maximum Gasteiger partial charge on any atom is 0.200 e. The molecular weight excluding hydrogens is 248 g/mol. The molecular formula is C10H20N8O. The van der Waals surface area contributed by atoms with E-state index < -0.39 is 0 Å². The summed E-state index contributed by atoms with van der Waals surface area (Å²) in [6.45, 7) is 1.09. The van der Waals surface area contributed by atoms with Gasteiger partial charge >= 0.3 is 0 Å². The smallest absolute Gasteiger partial charge is 0.200 e. The number of hydrogen-bond donors (Lipinski definition) is 7. The van der Waals surface area contributed by atoms with Crippen LogP contribution in [-0.2, 0) is 13.0 Å². The summed E-state index contributed by atoms with van der Waals surface area (Å²) in [5.74, 6) is 1.35. The third kappa shape index (κ3) is 6.29. The first-order valence-electron chi connectivity index (χ1n) is 5.69. The van der Waals surface area contributed by atoms with Crippen LogP contribution in [0.4, 0.5) is 0 Å². The molecule has 0 saturated heterocycles. The molecule has 0 aromatic carbocycles. The van der Waals surface area contributed by atoms with E-state index in [-0.39, 0.29) is 11.9 Å². The summed E-state index contributed by atoms with van der Waals surface area (Å²) in [5.41, 5.74) is 18.2. The van der Waals surface area contributed by atoms with Crippen molar-refractivity contribution in [3.63, 3.8) is 0 Å². The lowest BCUT2D eigenvalue weighted by Crippen LogP contribution is -2.42. The Bertz CT molecular complexity index is 429. The first kappa shape index (κ1) is 14.8. The Morgan fingerprint density at radius 2 is 1.95 bits per heavy atom. The SMILES string of the molecule is CN(Cc1ccc(CCNNC(=N)N)o1)NC(=N)N. The van der Waals surface area contributed by atoms with E-state index in [9.17, 15) is 0 Å². The average molecular weight is 268 g/mol. The van der Waals surface area contributed by atoms with Crippen LogP contribution in [0, 0.1) is 10.8 Å². The predicted molar refractivity (Wildman–Crippen MR) is 72.0 cm³/mol. The Labute approximate surface area is 111 Å². The lowest BCUT2D eigenvalue weighted by atomic mass is 10.3. The monoisotopic (exact) mass is 268 g/mol. The summed E-state index contributed by atoms with van der Waals surface area (Å²) < 4.78 is 5.60. The fourth-order valence-electron chi connectivity index (χ4n) is 1.46. The highest BCUT2D eigenvalue weighted by Crippen LogP contribution is 2.09. The number of nitrogens with one attached hydrogen (secondary N) is 5. The van der Waals surface area contributed by atoms with E-state index in [0.29, 0.717) is 19.5 Å². The van der Waals surface area contributed by atoms with Gasteiger partial charge in [-0.25, -0.2) is 10.4 Å². The molecule has 0 spiro atoms. The van der Waals surface area contributed by atoms with Crippen molar-refractivity contribution in [3.8, 4) is 0 Å². The second-order valence-electron chi connectivity index (χ2n) is 3.97. The molecule has 9 N–H and O–H groups in total. The van der Waals surface area contributed by atoms with Crippen LogP contribution in [0.15, 0.2) is 16.5 Å². The molecule has 0 unspecified atom stereocenters. The summed E-state index contributed by atoms with van der Waals surface area (Å²) in [7, 11) is 1.77. The zero-order chi connectivity index (χ0) is 14.3. The molecule has 0 aliphatic heterocycles. The van der Waals surface area contributed by atoms with E-state index in [1.165, 1.54) is 0 Å². The minimum absolute atomic E-state index is 0.117. The molecule has 1 aromatic heterocycles. The Kier molecular flexibility index (Phi) is 5.64. The number of hydrogen-bond acceptors (Lipinski definition) is 5. The third-order valence-corrected chi connectivity index (χ3v) is 2.14. The second-order valence-corrected chi connectivity index (χ2v) is 3.97. The molecule has 19 heavy (non-hydrogen) atoms. The van der Waals surface area contributed by atoms with Crippen LogP contribution in [0.2, 0.25) is 0 Å². The summed E-state index contributed by atoms with van der Waals surface area (Å²) in [6.07, 6.45) is 0.671. The van der Waals surface area contributed by atoms with Gasteiger partial charge in [0.1, 0.15) is 11.5 Å². The first-order valence-corrected chi connectivity index (χ1v) is 5.69. The van der Waals surface area contributed by atoms with Crippen molar-refractivity contribution in [2.75, 3.05) is 13.6 Å². The van der Waals surface area contributed by atoms with Gasteiger partial charge in [-0.3, -0.25) is 21.7 Å². The Balaban J connectivity index is 2.31. The highest BCUT2D eigenvalue weighted by Gasteiger charge is 2.05. The number of nitrogens with zero attached hydrogens (tertiary/aromatic N) is 1. The number of guanidine groups is 2. The van der Waals surface area contributed by atoms with Gasteiger partial charge in [-0.15, -0.1) is 0 Å². The van der Waals surface area contributed by atoms with Crippen LogP contribution < -0.4 is 27.7 Å². The summed E-state index contributed by atoms with van der Waals surface area (Å²) in [4.78, 5) is 0. The second kappa shape index (κ2) is 7.24. The van der Waals surface area contributed by atoms with Crippen molar-refractivity contribution in [1.29, 1.82) is 10.8 Å². The molecule has 9 nitrogen and oxygen atoms in total. The number of hydrazine groups is 2. The van der Waals surface area contributed by atoms with Crippen LogP contribution in [0.1, 0.15) is 11.5 Å². The largest absolute Gasteiger partial charge is 0.465 e. The molecule has 0 saturated carbocycles. The van der Waals surface area contributed by atoms with Crippen LogP contribution in [0.5, 0.6) is 0 Å². The fourth-order valence-corrected chi connectivity index (χ4v) is 1.46. The summed E-state index contributed by atoms with van der Waals surface area (Å²) >= 11 is 0. The molecule has 0 radical (unpaired) electrons. The van der Waals surface area contributed by atoms with Gasteiger partial charge in [0.05, 0.1) is 6.54 Å².